The standard InChI is InChI=1S/C16H19N3OS/c1-12-4-2-6-14(18-12)8-13-5-3-7-19(10-13)16(20)15-9-17-11-21-15/h2,4,6,9,11,13H,3,5,7-8,10H2,1H3. The first-order chi connectivity index (χ1) is 10.2. The summed E-state index contributed by atoms with van der Waals surface area (Å²) in [6.45, 7) is 3.70. The molecule has 0 N–H and O–H groups in total. The summed E-state index contributed by atoms with van der Waals surface area (Å²) in [6, 6.07) is 6.15. The molecule has 0 bridgehead atoms. The van der Waals surface area contributed by atoms with Crippen molar-refractivity contribution < 1.29 is 4.79 Å². The summed E-state index contributed by atoms with van der Waals surface area (Å²) < 4.78 is 0. The smallest absolute Gasteiger partial charge is 0.265 e. The Morgan fingerprint density at radius 3 is 3.14 bits per heavy atom. The number of likely N-dealkylation sites (tertiary alicyclic amines) is 1. The van der Waals surface area contributed by atoms with E-state index in [9.17, 15) is 4.79 Å². The van der Waals surface area contributed by atoms with Crippen molar-refractivity contribution in [1.29, 1.82) is 0 Å². The van der Waals surface area contributed by atoms with Gasteiger partial charge in [-0.1, -0.05) is 6.07 Å². The number of aryl methyl sites for hydroxylation is 1. The van der Waals surface area contributed by atoms with Crippen LogP contribution < -0.4 is 0 Å². The average molecular weight is 301 g/mol. The van der Waals surface area contributed by atoms with Crippen LogP contribution in [0, 0.1) is 12.8 Å². The van der Waals surface area contributed by atoms with Crippen LogP contribution in [0.15, 0.2) is 29.9 Å². The summed E-state index contributed by atoms with van der Waals surface area (Å²) in [5.74, 6) is 0.629. The van der Waals surface area contributed by atoms with Gasteiger partial charge in [0.1, 0.15) is 4.88 Å². The van der Waals surface area contributed by atoms with Gasteiger partial charge in [-0.2, -0.15) is 0 Å². The van der Waals surface area contributed by atoms with Crippen LogP contribution in [0.25, 0.3) is 0 Å². The molecule has 0 aliphatic carbocycles. The zero-order chi connectivity index (χ0) is 14.7. The SMILES string of the molecule is Cc1cccc(CC2CCCN(C(=O)c3cncs3)C2)n1. The van der Waals surface area contributed by atoms with Crippen molar-refractivity contribution in [3.05, 3.63) is 46.2 Å². The molecule has 1 saturated heterocycles. The zero-order valence-electron chi connectivity index (χ0n) is 12.2. The van der Waals surface area contributed by atoms with Crippen LogP contribution in [-0.4, -0.2) is 33.9 Å². The van der Waals surface area contributed by atoms with Gasteiger partial charge >= 0.3 is 0 Å². The predicted octanol–water partition coefficient (Wildman–Crippen LogP) is 2.94. The number of thiazole rings is 1. The molecule has 0 radical (unpaired) electrons. The minimum atomic E-state index is 0.124. The van der Waals surface area contributed by atoms with Crippen LogP contribution in [0.3, 0.4) is 0 Å². The number of hydrogen-bond donors (Lipinski definition) is 0. The second-order valence-corrected chi connectivity index (χ2v) is 6.49. The number of carbonyl (C=O) groups excluding carboxylic acids is 1. The summed E-state index contributed by atoms with van der Waals surface area (Å²) in [5.41, 5.74) is 3.90. The molecular weight excluding hydrogens is 282 g/mol. The Labute approximate surface area is 128 Å². The van der Waals surface area contributed by atoms with Crippen LogP contribution in [-0.2, 0) is 6.42 Å². The molecule has 1 amide bonds. The van der Waals surface area contributed by atoms with Crippen molar-refractivity contribution >= 4 is 17.2 Å². The first-order valence-corrected chi connectivity index (χ1v) is 8.20. The molecule has 1 aliphatic rings. The lowest BCUT2D eigenvalue weighted by molar-refractivity contribution is 0.0677. The summed E-state index contributed by atoms with van der Waals surface area (Å²) in [6.07, 6.45) is 4.86. The lowest BCUT2D eigenvalue weighted by Crippen LogP contribution is -2.40. The molecule has 0 aromatic carbocycles. The number of amides is 1. The van der Waals surface area contributed by atoms with Gasteiger partial charge in [0.2, 0.25) is 0 Å². The van der Waals surface area contributed by atoms with Crippen LogP contribution >= 0.6 is 11.3 Å². The Hall–Kier alpha value is -1.75. The van der Waals surface area contributed by atoms with Crippen LogP contribution in [0.5, 0.6) is 0 Å². The molecule has 2 aromatic heterocycles. The first-order valence-electron chi connectivity index (χ1n) is 7.32. The number of nitrogens with zero attached hydrogens (tertiary/aromatic N) is 3. The molecule has 3 rings (SSSR count). The highest BCUT2D eigenvalue weighted by atomic mass is 32.1. The van der Waals surface area contributed by atoms with Crippen molar-refractivity contribution in [2.24, 2.45) is 5.92 Å². The molecule has 2 aromatic rings. The maximum absolute atomic E-state index is 12.4. The molecule has 1 aliphatic heterocycles. The van der Waals surface area contributed by atoms with Crippen molar-refractivity contribution in [3.8, 4) is 0 Å². The Morgan fingerprint density at radius 2 is 2.38 bits per heavy atom. The van der Waals surface area contributed by atoms with Crippen molar-refractivity contribution in [2.75, 3.05) is 13.1 Å². The van der Waals surface area contributed by atoms with Crippen molar-refractivity contribution in [3.63, 3.8) is 0 Å². The number of piperidine rings is 1. The molecule has 0 saturated carbocycles. The topological polar surface area (TPSA) is 46.1 Å². The van der Waals surface area contributed by atoms with E-state index in [2.05, 4.69) is 22.1 Å². The van der Waals surface area contributed by atoms with Gasteiger partial charge in [0.05, 0.1) is 11.7 Å². The van der Waals surface area contributed by atoms with Gasteiger partial charge in [0.25, 0.3) is 5.91 Å². The minimum Gasteiger partial charge on any atom is -0.338 e. The zero-order valence-corrected chi connectivity index (χ0v) is 13.0. The Bertz CT molecular complexity index is 612. The van der Waals surface area contributed by atoms with E-state index >= 15 is 0 Å². The number of aromatic nitrogens is 2. The van der Waals surface area contributed by atoms with E-state index in [0.29, 0.717) is 5.92 Å². The van der Waals surface area contributed by atoms with E-state index in [-0.39, 0.29) is 5.91 Å². The first kappa shape index (κ1) is 14.2. The van der Waals surface area contributed by atoms with Crippen LogP contribution in [0.4, 0.5) is 0 Å². The lowest BCUT2D eigenvalue weighted by atomic mass is 9.93. The highest BCUT2D eigenvalue weighted by Crippen LogP contribution is 2.22. The molecule has 1 atom stereocenters. The monoisotopic (exact) mass is 301 g/mol. The van der Waals surface area contributed by atoms with E-state index in [1.807, 2.05) is 17.9 Å². The molecule has 110 valence electrons. The summed E-state index contributed by atoms with van der Waals surface area (Å²) in [4.78, 5) is 23.7. The van der Waals surface area contributed by atoms with E-state index in [1.54, 1.807) is 11.7 Å². The largest absolute Gasteiger partial charge is 0.338 e. The number of pyridine rings is 1. The highest BCUT2D eigenvalue weighted by Gasteiger charge is 2.25. The number of rotatable bonds is 3. The predicted molar refractivity (Wildman–Crippen MR) is 83.4 cm³/mol. The second kappa shape index (κ2) is 6.35. The third-order valence-corrected chi connectivity index (χ3v) is 4.65. The second-order valence-electron chi connectivity index (χ2n) is 5.60. The molecule has 21 heavy (non-hydrogen) atoms. The van der Waals surface area contributed by atoms with E-state index in [1.165, 1.54) is 17.8 Å². The fraction of sp³-hybridized carbons (Fsp3) is 0.438. The van der Waals surface area contributed by atoms with E-state index in [4.69, 9.17) is 0 Å². The fourth-order valence-electron chi connectivity index (χ4n) is 2.90. The maximum atomic E-state index is 12.4. The molecule has 5 heteroatoms. The van der Waals surface area contributed by atoms with Gasteiger partial charge in [-0.25, -0.2) is 0 Å². The van der Waals surface area contributed by atoms with Gasteiger partial charge in [-0.15, -0.1) is 11.3 Å². The number of carbonyl (C=O) groups is 1. The summed E-state index contributed by atoms with van der Waals surface area (Å²) >= 11 is 1.42. The van der Waals surface area contributed by atoms with E-state index in [0.717, 1.165) is 42.2 Å². The summed E-state index contributed by atoms with van der Waals surface area (Å²) in [5, 5.41) is 0. The van der Waals surface area contributed by atoms with Gasteiger partial charge in [-0.3, -0.25) is 14.8 Å². The lowest BCUT2D eigenvalue weighted by Gasteiger charge is -2.32. The Kier molecular flexibility index (Phi) is 4.29. The average Bonchev–Trinajstić information content (AvgIpc) is 3.01. The normalized spacial score (nSPS) is 18.7. The molecular formula is C16H19N3OS. The highest BCUT2D eigenvalue weighted by molar-refractivity contribution is 7.11. The molecule has 4 nitrogen and oxygen atoms in total. The summed E-state index contributed by atoms with van der Waals surface area (Å²) in [7, 11) is 0. The molecule has 1 unspecified atom stereocenters. The fourth-order valence-corrected chi connectivity index (χ4v) is 3.49. The number of hydrogen-bond acceptors (Lipinski definition) is 4. The van der Waals surface area contributed by atoms with Gasteiger partial charge in [0.15, 0.2) is 0 Å². The molecule has 0 spiro atoms. The van der Waals surface area contributed by atoms with Gasteiger partial charge in [-0.05, 0) is 44.2 Å². The molecule has 1 fully saturated rings. The van der Waals surface area contributed by atoms with Gasteiger partial charge in [0, 0.05) is 24.5 Å². The minimum absolute atomic E-state index is 0.124. The van der Waals surface area contributed by atoms with Gasteiger partial charge < -0.3 is 4.90 Å². The maximum Gasteiger partial charge on any atom is 0.265 e. The Morgan fingerprint density at radius 1 is 1.48 bits per heavy atom. The van der Waals surface area contributed by atoms with Crippen molar-refractivity contribution in [1.82, 2.24) is 14.9 Å². The quantitative estimate of drug-likeness (QED) is 0.875. The Balaban J connectivity index is 1.64. The van der Waals surface area contributed by atoms with E-state index < -0.39 is 0 Å². The van der Waals surface area contributed by atoms with Crippen molar-refractivity contribution in [2.45, 2.75) is 26.2 Å². The third kappa shape index (κ3) is 3.47. The van der Waals surface area contributed by atoms with Crippen LogP contribution in [0.1, 0.15) is 33.9 Å². The molecule has 3 heterocycles. The van der Waals surface area contributed by atoms with Crippen LogP contribution in [0.2, 0.25) is 0 Å². The third-order valence-electron chi connectivity index (χ3n) is 3.89.